The van der Waals surface area contributed by atoms with Crippen LogP contribution in [0.1, 0.15) is 35.6 Å². The molecule has 2 aromatic rings. The molecule has 0 bridgehead atoms. The van der Waals surface area contributed by atoms with E-state index in [1.165, 1.54) is 6.07 Å². The van der Waals surface area contributed by atoms with Crippen molar-refractivity contribution in [3.8, 4) is 5.75 Å². The largest absolute Gasteiger partial charge is 0.493 e. The van der Waals surface area contributed by atoms with Gasteiger partial charge in [0.25, 0.3) is 0 Å². The zero-order valence-electron chi connectivity index (χ0n) is 14.8. The monoisotopic (exact) mass is 373 g/mol. The summed E-state index contributed by atoms with van der Waals surface area (Å²) in [6.45, 7) is 0.661. The van der Waals surface area contributed by atoms with Crippen LogP contribution in [0.4, 0.5) is 8.78 Å². The lowest BCUT2D eigenvalue weighted by Crippen LogP contribution is -2.41. The fourth-order valence-corrected chi connectivity index (χ4v) is 3.83. The van der Waals surface area contributed by atoms with E-state index in [1.54, 1.807) is 0 Å². The average Bonchev–Trinajstić information content (AvgIpc) is 3.08. The number of nitrogens with one attached hydrogen (secondary N) is 1. The first-order valence-electron chi connectivity index (χ1n) is 9.16. The summed E-state index contributed by atoms with van der Waals surface area (Å²) >= 11 is 0. The highest BCUT2D eigenvalue weighted by atomic mass is 19.2. The maximum absolute atomic E-state index is 13.4. The molecule has 4 rings (SSSR count). The van der Waals surface area contributed by atoms with Crippen LogP contribution in [0.25, 0.3) is 0 Å². The predicted octanol–water partition coefficient (Wildman–Crippen LogP) is 3.07. The Morgan fingerprint density at radius 1 is 1.19 bits per heavy atom. The fraction of sp³-hybridized carbons (Fsp3) is 0.381. The van der Waals surface area contributed by atoms with Gasteiger partial charge in [-0.2, -0.15) is 0 Å². The SMILES string of the molecule is O=C(Cc1ccc(F)c(F)c1)N[C@H](c1ccc2c(c1)CCO2)C1CC(O)C1. The number of fused-ring (bicyclic) bond motifs is 1. The molecule has 142 valence electrons. The summed E-state index contributed by atoms with van der Waals surface area (Å²) in [5, 5.41) is 12.7. The number of aliphatic hydroxyl groups excluding tert-OH is 1. The Hall–Kier alpha value is -2.47. The summed E-state index contributed by atoms with van der Waals surface area (Å²) in [5.74, 6) is -1.13. The summed E-state index contributed by atoms with van der Waals surface area (Å²) in [6.07, 6.45) is 1.73. The number of aliphatic hydroxyl groups is 1. The molecule has 0 unspecified atom stereocenters. The maximum Gasteiger partial charge on any atom is 0.224 e. The third kappa shape index (κ3) is 3.81. The summed E-state index contributed by atoms with van der Waals surface area (Å²) in [5.41, 5.74) is 2.52. The average molecular weight is 373 g/mol. The van der Waals surface area contributed by atoms with Gasteiger partial charge in [0.1, 0.15) is 5.75 Å². The van der Waals surface area contributed by atoms with E-state index in [2.05, 4.69) is 11.4 Å². The number of halogens is 2. The Balaban J connectivity index is 1.51. The second-order valence-electron chi connectivity index (χ2n) is 7.32. The van der Waals surface area contributed by atoms with Crippen LogP contribution in [0.3, 0.4) is 0 Å². The second-order valence-corrected chi connectivity index (χ2v) is 7.32. The number of ether oxygens (including phenoxy) is 1. The van der Waals surface area contributed by atoms with Crippen molar-refractivity contribution >= 4 is 5.91 Å². The molecule has 0 spiro atoms. The van der Waals surface area contributed by atoms with Gasteiger partial charge in [0.05, 0.1) is 25.2 Å². The Kier molecular flexibility index (Phi) is 4.83. The molecule has 4 nitrogen and oxygen atoms in total. The topological polar surface area (TPSA) is 58.6 Å². The van der Waals surface area contributed by atoms with Crippen LogP contribution in [0, 0.1) is 17.6 Å². The normalized spacial score (nSPS) is 21.7. The molecule has 27 heavy (non-hydrogen) atoms. The second kappa shape index (κ2) is 7.27. The number of carbonyl (C=O) groups excluding carboxylic acids is 1. The number of amides is 1. The highest BCUT2D eigenvalue weighted by Gasteiger charge is 2.36. The molecule has 1 saturated carbocycles. The Morgan fingerprint density at radius 3 is 2.74 bits per heavy atom. The van der Waals surface area contributed by atoms with Crippen LogP contribution < -0.4 is 10.1 Å². The number of rotatable bonds is 5. The summed E-state index contributed by atoms with van der Waals surface area (Å²) < 4.78 is 32.0. The van der Waals surface area contributed by atoms with Crippen LogP contribution in [0.2, 0.25) is 0 Å². The van der Waals surface area contributed by atoms with E-state index >= 15 is 0 Å². The van der Waals surface area contributed by atoms with Gasteiger partial charge in [-0.3, -0.25) is 4.79 Å². The number of carbonyl (C=O) groups is 1. The molecule has 2 aliphatic rings. The van der Waals surface area contributed by atoms with Crippen molar-refractivity contribution in [3.63, 3.8) is 0 Å². The van der Waals surface area contributed by atoms with Crippen molar-refractivity contribution in [2.45, 2.75) is 37.8 Å². The van der Waals surface area contributed by atoms with E-state index in [9.17, 15) is 18.7 Å². The molecule has 0 radical (unpaired) electrons. The van der Waals surface area contributed by atoms with E-state index in [0.29, 0.717) is 25.0 Å². The van der Waals surface area contributed by atoms with Crippen LogP contribution >= 0.6 is 0 Å². The minimum atomic E-state index is -0.961. The van der Waals surface area contributed by atoms with Crippen molar-refractivity contribution in [1.82, 2.24) is 5.32 Å². The number of benzene rings is 2. The zero-order chi connectivity index (χ0) is 19.0. The van der Waals surface area contributed by atoms with Gasteiger partial charge < -0.3 is 15.2 Å². The minimum absolute atomic E-state index is 0.0307. The maximum atomic E-state index is 13.4. The summed E-state index contributed by atoms with van der Waals surface area (Å²) in [6, 6.07) is 9.17. The first-order valence-corrected chi connectivity index (χ1v) is 9.16. The van der Waals surface area contributed by atoms with Crippen LogP contribution in [0.15, 0.2) is 36.4 Å². The molecule has 1 aliphatic carbocycles. The zero-order valence-corrected chi connectivity index (χ0v) is 14.8. The highest BCUT2D eigenvalue weighted by molar-refractivity contribution is 5.79. The van der Waals surface area contributed by atoms with E-state index in [1.807, 2.05) is 12.1 Å². The first-order chi connectivity index (χ1) is 13.0. The van der Waals surface area contributed by atoms with Crippen LogP contribution in [-0.2, 0) is 17.6 Å². The van der Waals surface area contributed by atoms with Gasteiger partial charge in [-0.05, 0) is 59.7 Å². The van der Waals surface area contributed by atoms with Crippen molar-refractivity contribution in [1.29, 1.82) is 0 Å². The summed E-state index contributed by atoms with van der Waals surface area (Å²) in [7, 11) is 0. The molecule has 1 aliphatic heterocycles. The molecule has 1 fully saturated rings. The van der Waals surface area contributed by atoms with Crippen molar-refractivity contribution in [2.24, 2.45) is 5.92 Å². The van der Waals surface area contributed by atoms with Crippen molar-refractivity contribution < 1.29 is 23.4 Å². The van der Waals surface area contributed by atoms with Crippen molar-refractivity contribution in [2.75, 3.05) is 6.61 Å². The third-order valence-corrected chi connectivity index (χ3v) is 5.36. The number of hydrogen-bond acceptors (Lipinski definition) is 3. The van der Waals surface area contributed by atoms with Gasteiger partial charge in [0.2, 0.25) is 5.91 Å². The lowest BCUT2D eigenvalue weighted by molar-refractivity contribution is -0.122. The van der Waals surface area contributed by atoms with Gasteiger partial charge in [0, 0.05) is 6.42 Å². The molecular weight excluding hydrogens is 352 g/mol. The molecule has 0 aromatic heterocycles. The lowest BCUT2D eigenvalue weighted by atomic mass is 9.74. The van der Waals surface area contributed by atoms with E-state index < -0.39 is 11.6 Å². The molecule has 0 saturated heterocycles. The quantitative estimate of drug-likeness (QED) is 0.847. The molecule has 1 amide bonds. The Morgan fingerprint density at radius 2 is 2.00 bits per heavy atom. The Bertz CT molecular complexity index is 865. The van der Waals surface area contributed by atoms with Crippen LogP contribution in [-0.4, -0.2) is 23.7 Å². The smallest absolute Gasteiger partial charge is 0.224 e. The minimum Gasteiger partial charge on any atom is -0.493 e. The molecule has 1 heterocycles. The van der Waals surface area contributed by atoms with E-state index in [4.69, 9.17) is 4.74 Å². The lowest BCUT2D eigenvalue weighted by Gasteiger charge is -2.38. The molecule has 2 aromatic carbocycles. The van der Waals surface area contributed by atoms with Gasteiger partial charge in [-0.1, -0.05) is 12.1 Å². The Labute approximate surface area is 156 Å². The van der Waals surface area contributed by atoms with E-state index in [0.717, 1.165) is 35.4 Å². The van der Waals surface area contributed by atoms with Crippen LogP contribution in [0.5, 0.6) is 5.75 Å². The molecule has 1 atom stereocenters. The third-order valence-electron chi connectivity index (χ3n) is 5.36. The van der Waals surface area contributed by atoms with Crippen molar-refractivity contribution in [3.05, 3.63) is 64.7 Å². The molecule has 6 heteroatoms. The van der Waals surface area contributed by atoms with Gasteiger partial charge in [-0.25, -0.2) is 8.78 Å². The highest BCUT2D eigenvalue weighted by Crippen LogP contribution is 2.39. The number of hydrogen-bond donors (Lipinski definition) is 2. The predicted molar refractivity (Wildman–Crippen MR) is 95.3 cm³/mol. The van der Waals surface area contributed by atoms with E-state index in [-0.39, 0.29) is 30.4 Å². The summed E-state index contributed by atoms with van der Waals surface area (Å²) in [4.78, 5) is 12.5. The standard InChI is InChI=1S/C21H21F2NO3/c22-17-3-1-12(7-18(17)23)8-20(26)24-21(15-10-16(25)11-15)14-2-4-19-13(9-14)5-6-27-19/h1-4,7,9,15-16,21,25H,5-6,8,10-11H2,(H,24,26)/t15?,16?,21-/m1/s1. The van der Waals surface area contributed by atoms with Gasteiger partial charge in [0.15, 0.2) is 11.6 Å². The first kappa shape index (κ1) is 17.9. The fourth-order valence-electron chi connectivity index (χ4n) is 3.83. The van der Waals surface area contributed by atoms with Gasteiger partial charge in [-0.15, -0.1) is 0 Å². The molecular formula is C21H21F2NO3. The molecule has 2 N–H and O–H groups in total. The van der Waals surface area contributed by atoms with Gasteiger partial charge >= 0.3 is 0 Å².